The highest BCUT2D eigenvalue weighted by Gasteiger charge is 2.39. The fourth-order valence-electron chi connectivity index (χ4n) is 7.03. The fourth-order valence-corrected chi connectivity index (χ4v) is 7.15. The molecule has 1 heterocycles. The minimum atomic E-state index is -0.230. The van der Waals surface area contributed by atoms with Gasteiger partial charge in [-0.25, -0.2) is 0 Å². The van der Waals surface area contributed by atoms with Crippen LogP contribution in [0.5, 0.6) is 11.5 Å². The molecule has 0 spiro atoms. The average molecular weight is 568 g/mol. The van der Waals surface area contributed by atoms with E-state index in [9.17, 15) is 0 Å². The van der Waals surface area contributed by atoms with Crippen LogP contribution in [0.2, 0.25) is 5.02 Å². The summed E-state index contributed by atoms with van der Waals surface area (Å²) in [6.07, 6.45) is 7.22. The van der Waals surface area contributed by atoms with Crippen molar-refractivity contribution in [2.45, 2.75) is 62.8 Å². The highest BCUT2D eigenvalue weighted by molar-refractivity contribution is 6.30. The van der Waals surface area contributed by atoms with E-state index in [1.54, 1.807) is 14.2 Å². The second-order valence-electron chi connectivity index (χ2n) is 11.3. The molecule has 0 radical (unpaired) electrons. The third-order valence-electron chi connectivity index (χ3n) is 8.94. The number of nitrogens with one attached hydrogen (secondary N) is 1. The van der Waals surface area contributed by atoms with Crippen molar-refractivity contribution in [2.24, 2.45) is 0 Å². The van der Waals surface area contributed by atoms with Crippen molar-refractivity contribution >= 4 is 11.6 Å². The van der Waals surface area contributed by atoms with Crippen molar-refractivity contribution in [1.29, 1.82) is 0 Å². The molecular weight excluding hydrogens is 526 g/mol. The number of ether oxygens (including phenoxy) is 2. The van der Waals surface area contributed by atoms with Gasteiger partial charge in [0.2, 0.25) is 0 Å². The molecule has 0 saturated carbocycles. The third kappa shape index (κ3) is 6.17. The van der Waals surface area contributed by atoms with E-state index >= 15 is 0 Å². The van der Waals surface area contributed by atoms with Crippen molar-refractivity contribution in [3.63, 3.8) is 0 Å². The molecule has 1 aliphatic heterocycles. The van der Waals surface area contributed by atoms with E-state index in [2.05, 4.69) is 97.2 Å². The Morgan fingerprint density at radius 1 is 0.805 bits per heavy atom. The van der Waals surface area contributed by atoms with Crippen LogP contribution in [0.4, 0.5) is 0 Å². The number of methoxy groups -OCH3 is 2. The second-order valence-corrected chi connectivity index (χ2v) is 11.8. The van der Waals surface area contributed by atoms with Gasteiger partial charge >= 0.3 is 0 Å². The maximum absolute atomic E-state index is 6.28. The van der Waals surface area contributed by atoms with E-state index < -0.39 is 0 Å². The number of halogens is 1. The number of fused-ring (bicyclic) bond motifs is 1. The summed E-state index contributed by atoms with van der Waals surface area (Å²) in [5.74, 6) is 1.58. The third-order valence-corrected chi connectivity index (χ3v) is 9.19. The second kappa shape index (κ2) is 13.1. The van der Waals surface area contributed by atoms with Crippen LogP contribution < -0.4 is 14.8 Å². The molecule has 1 atom stereocenters. The number of rotatable bonds is 12. The molecule has 4 heteroatoms. The van der Waals surface area contributed by atoms with Gasteiger partial charge in [-0.2, -0.15) is 0 Å². The maximum atomic E-state index is 6.28. The lowest BCUT2D eigenvalue weighted by Gasteiger charge is -2.43. The molecule has 214 valence electrons. The minimum Gasteiger partial charge on any atom is -0.493 e. The minimum absolute atomic E-state index is 0.0339. The Bertz CT molecular complexity index is 1370. The van der Waals surface area contributed by atoms with Gasteiger partial charge in [0, 0.05) is 22.5 Å². The topological polar surface area (TPSA) is 30.5 Å². The van der Waals surface area contributed by atoms with Crippen molar-refractivity contribution in [3.05, 3.63) is 130 Å². The Labute approximate surface area is 250 Å². The van der Waals surface area contributed by atoms with Crippen molar-refractivity contribution in [2.75, 3.05) is 20.8 Å². The highest BCUT2D eigenvalue weighted by atomic mass is 35.5. The Hall–Kier alpha value is -3.27. The summed E-state index contributed by atoms with van der Waals surface area (Å²) in [5.41, 5.74) is 6.47. The quantitative estimate of drug-likeness (QED) is 0.185. The summed E-state index contributed by atoms with van der Waals surface area (Å²) >= 11 is 6.28. The normalized spacial score (nSPS) is 16.7. The zero-order valence-corrected chi connectivity index (χ0v) is 25.3. The molecule has 0 amide bonds. The van der Waals surface area contributed by atoms with Crippen LogP contribution in [0, 0.1) is 0 Å². The number of hydrogen-bond donors (Lipinski definition) is 1. The number of hydrogen-bond acceptors (Lipinski definition) is 3. The van der Waals surface area contributed by atoms with Crippen molar-refractivity contribution in [3.8, 4) is 11.5 Å². The lowest BCUT2D eigenvalue weighted by atomic mass is 9.67. The van der Waals surface area contributed by atoms with Gasteiger partial charge in [0.25, 0.3) is 0 Å². The van der Waals surface area contributed by atoms with Gasteiger partial charge in [0.05, 0.1) is 14.2 Å². The molecule has 4 aromatic carbocycles. The summed E-state index contributed by atoms with van der Waals surface area (Å²) in [4.78, 5) is 0. The van der Waals surface area contributed by atoms with Gasteiger partial charge in [-0.3, -0.25) is 0 Å². The van der Waals surface area contributed by atoms with Crippen molar-refractivity contribution in [1.82, 2.24) is 5.32 Å². The molecule has 0 aliphatic carbocycles. The molecule has 41 heavy (non-hydrogen) atoms. The summed E-state index contributed by atoms with van der Waals surface area (Å²) < 4.78 is 11.5. The fraction of sp³-hybridized carbons (Fsp3) is 0.351. The monoisotopic (exact) mass is 567 g/mol. The molecule has 0 bridgehead atoms. The maximum Gasteiger partial charge on any atom is 0.161 e. The van der Waals surface area contributed by atoms with E-state index in [0.717, 1.165) is 68.0 Å². The van der Waals surface area contributed by atoms with Crippen molar-refractivity contribution < 1.29 is 9.47 Å². The van der Waals surface area contributed by atoms with Crippen LogP contribution in [0.3, 0.4) is 0 Å². The van der Waals surface area contributed by atoms with Crippen LogP contribution >= 0.6 is 11.6 Å². The smallest absolute Gasteiger partial charge is 0.161 e. The Kier molecular flexibility index (Phi) is 9.37. The Morgan fingerprint density at radius 2 is 1.41 bits per heavy atom. The predicted octanol–water partition coefficient (Wildman–Crippen LogP) is 8.90. The molecule has 4 aromatic rings. The van der Waals surface area contributed by atoms with Crippen LogP contribution in [-0.4, -0.2) is 20.8 Å². The predicted molar refractivity (Wildman–Crippen MR) is 171 cm³/mol. The van der Waals surface area contributed by atoms with Crippen LogP contribution in [0.15, 0.2) is 97.1 Å². The molecular formula is C37H42ClNO2. The van der Waals surface area contributed by atoms with E-state index in [4.69, 9.17) is 21.1 Å². The Morgan fingerprint density at radius 3 is 2.00 bits per heavy atom. The first-order valence-electron chi connectivity index (χ1n) is 14.9. The van der Waals surface area contributed by atoms with Gasteiger partial charge in [-0.15, -0.1) is 0 Å². The van der Waals surface area contributed by atoms with E-state index in [1.807, 2.05) is 12.1 Å². The first-order valence-corrected chi connectivity index (χ1v) is 15.3. The first kappa shape index (κ1) is 29.2. The van der Waals surface area contributed by atoms with E-state index in [1.165, 1.54) is 27.8 Å². The summed E-state index contributed by atoms with van der Waals surface area (Å²) in [6.45, 7) is 3.23. The van der Waals surface area contributed by atoms with Gasteiger partial charge < -0.3 is 14.8 Å². The van der Waals surface area contributed by atoms with E-state index in [0.29, 0.717) is 0 Å². The van der Waals surface area contributed by atoms with Gasteiger partial charge in [0.15, 0.2) is 11.5 Å². The average Bonchev–Trinajstić information content (AvgIpc) is 3.02. The summed E-state index contributed by atoms with van der Waals surface area (Å²) in [6, 6.07) is 35.0. The zero-order valence-electron chi connectivity index (χ0n) is 24.6. The number of benzene rings is 4. The molecule has 1 N–H and O–H groups in total. The standard InChI is InChI=1S/C37H42ClNO2/c1-4-21-36(30-12-7-5-8-13-30,31-14-9-6-10-15-31)22-11-23-37(27-28-16-18-32(38)19-17-28)33-26-35(41-3)34(40-2)25-29(33)20-24-39-37/h5-10,12-19,25-26,39H,4,11,20-24,27H2,1-3H3. The van der Waals surface area contributed by atoms with E-state index in [-0.39, 0.29) is 11.0 Å². The summed E-state index contributed by atoms with van der Waals surface area (Å²) in [7, 11) is 3.44. The molecule has 5 rings (SSSR count). The first-order chi connectivity index (χ1) is 20.0. The lowest BCUT2D eigenvalue weighted by molar-refractivity contribution is 0.264. The SMILES string of the molecule is CCCC(CCCC1(Cc2ccc(Cl)cc2)NCCc2cc(OC)c(OC)cc21)(c1ccccc1)c1ccccc1. The molecule has 0 saturated heterocycles. The largest absolute Gasteiger partial charge is 0.493 e. The highest BCUT2D eigenvalue weighted by Crippen LogP contribution is 2.45. The Balaban J connectivity index is 1.55. The molecule has 0 fully saturated rings. The van der Waals surface area contributed by atoms with Crippen LogP contribution in [-0.2, 0) is 23.8 Å². The van der Waals surface area contributed by atoms with Gasteiger partial charge in [-0.1, -0.05) is 104 Å². The van der Waals surface area contributed by atoms with Gasteiger partial charge in [-0.05, 0) is 84.2 Å². The zero-order chi connectivity index (χ0) is 28.7. The van der Waals surface area contributed by atoms with Crippen LogP contribution in [0.1, 0.15) is 66.8 Å². The molecule has 1 unspecified atom stereocenters. The molecule has 0 aromatic heterocycles. The molecule has 3 nitrogen and oxygen atoms in total. The lowest BCUT2D eigenvalue weighted by Crippen LogP contribution is -2.49. The summed E-state index contributed by atoms with van der Waals surface area (Å²) in [5, 5.41) is 4.77. The van der Waals surface area contributed by atoms with Crippen LogP contribution in [0.25, 0.3) is 0 Å². The molecule has 1 aliphatic rings. The van der Waals surface area contributed by atoms with Gasteiger partial charge in [0.1, 0.15) is 0 Å².